The predicted octanol–water partition coefficient (Wildman–Crippen LogP) is 2.57. The highest BCUT2D eigenvalue weighted by Crippen LogP contribution is 2.33. The smallest absolute Gasteiger partial charge is 0.223 e. The number of nitrogens with zero attached hydrogens (tertiary/aromatic N) is 6. The number of hydrogen-bond acceptors (Lipinski definition) is 8. The molecule has 0 aliphatic carbocycles. The average molecular weight is 353 g/mol. The fourth-order valence-electron chi connectivity index (χ4n) is 2.70. The van der Waals surface area contributed by atoms with E-state index in [4.69, 9.17) is 9.51 Å². The summed E-state index contributed by atoms with van der Waals surface area (Å²) in [7, 11) is 4.11. The molecule has 0 saturated carbocycles. The summed E-state index contributed by atoms with van der Waals surface area (Å²) >= 11 is 0. The minimum Gasteiger partial charge on any atom is -0.361 e. The van der Waals surface area contributed by atoms with E-state index < -0.39 is 0 Å². The van der Waals surface area contributed by atoms with Crippen LogP contribution in [0.25, 0.3) is 22.5 Å². The van der Waals surface area contributed by atoms with E-state index in [1.54, 1.807) is 24.8 Å². The van der Waals surface area contributed by atoms with Crippen molar-refractivity contribution in [3.8, 4) is 22.5 Å². The highest BCUT2D eigenvalue weighted by atomic mass is 16.5. The molecule has 26 heavy (non-hydrogen) atoms. The molecule has 3 aromatic rings. The minimum atomic E-state index is 0.575. The van der Waals surface area contributed by atoms with Crippen LogP contribution in [0.4, 0.5) is 5.95 Å². The Kier molecular flexibility index (Phi) is 5.52. The zero-order valence-electron chi connectivity index (χ0n) is 15.5. The Balaban J connectivity index is 1.96. The van der Waals surface area contributed by atoms with Gasteiger partial charge in [0.15, 0.2) is 0 Å². The summed E-state index contributed by atoms with van der Waals surface area (Å²) in [6.45, 7) is 5.58. The van der Waals surface area contributed by atoms with E-state index in [1.165, 1.54) is 0 Å². The van der Waals surface area contributed by atoms with Gasteiger partial charge in [-0.15, -0.1) is 0 Å². The average Bonchev–Trinajstić information content (AvgIpc) is 2.97. The van der Waals surface area contributed by atoms with Crippen molar-refractivity contribution in [2.75, 3.05) is 32.5 Å². The van der Waals surface area contributed by atoms with Gasteiger partial charge in [0, 0.05) is 30.7 Å². The van der Waals surface area contributed by atoms with Gasteiger partial charge in [-0.2, -0.15) is 0 Å². The van der Waals surface area contributed by atoms with Crippen molar-refractivity contribution in [3.05, 3.63) is 36.2 Å². The molecule has 0 spiro atoms. The molecule has 0 saturated heterocycles. The summed E-state index contributed by atoms with van der Waals surface area (Å²) in [5.74, 6) is 1.29. The number of nitrogens with one attached hydrogen (secondary N) is 1. The van der Waals surface area contributed by atoms with Crippen LogP contribution in [0.2, 0.25) is 0 Å². The number of rotatable bonds is 7. The third kappa shape index (κ3) is 4.02. The molecule has 0 aromatic carbocycles. The molecule has 3 rings (SSSR count). The van der Waals surface area contributed by atoms with Gasteiger partial charge < -0.3 is 14.7 Å². The Hall–Kier alpha value is -2.87. The Bertz CT molecular complexity index is 842. The molecule has 8 nitrogen and oxygen atoms in total. The van der Waals surface area contributed by atoms with Gasteiger partial charge in [0.2, 0.25) is 5.95 Å². The standard InChI is InChI=1S/C18H23N7O/c1-12-16(13(2)26-24-12)17-14(15-11-19-7-8-20-15)10-22-18(23-17)21-6-5-9-25(3)4/h7-8,10-11H,5-6,9H2,1-4H3,(H,21,22,23). The van der Waals surface area contributed by atoms with Gasteiger partial charge in [-0.1, -0.05) is 5.16 Å². The second kappa shape index (κ2) is 8.01. The van der Waals surface area contributed by atoms with Gasteiger partial charge in [0.25, 0.3) is 0 Å². The number of hydrogen-bond donors (Lipinski definition) is 1. The van der Waals surface area contributed by atoms with E-state index in [-0.39, 0.29) is 0 Å². The lowest BCUT2D eigenvalue weighted by Gasteiger charge is -2.12. The van der Waals surface area contributed by atoms with E-state index >= 15 is 0 Å². The van der Waals surface area contributed by atoms with Gasteiger partial charge in [-0.3, -0.25) is 9.97 Å². The van der Waals surface area contributed by atoms with Crippen LogP contribution >= 0.6 is 0 Å². The first kappa shape index (κ1) is 17.9. The molecule has 0 atom stereocenters. The summed E-state index contributed by atoms with van der Waals surface area (Å²) in [6, 6.07) is 0. The van der Waals surface area contributed by atoms with E-state index in [2.05, 4.69) is 44.4 Å². The lowest BCUT2D eigenvalue weighted by atomic mass is 10.0. The molecule has 1 N–H and O–H groups in total. The number of aromatic nitrogens is 5. The highest BCUT2D eigenvalue weighted by molar-refractivity contribution is 5.80. The molecule has 0 fully saturated rings. The summed E-state index contributed by atoms with van der Waals surface area (Å²) in [5, 5.41) is 7.34. The first-order valence-corrected chi connectivity index (χ1v) is 8.51. The second-order valence-corrected chi connectivity index (χ2v) is 6.33. The molecule has 8 heteroatoms. The SMILES string of the molecule is Cc1noc(C)c1-c1nc(NCCCN(C)C)ncc1-c1cnccn1. The van der Waals surface area contributed by atoms with Crippen LogP contribution in [0.15, 0.2) is 29.3 Å². The van der Waals surface area contributed by atoms with E-state index in [0.717, 1.165) is 42.0 Å². The van der Waals surface area contributed by atoms with Crippen molar-refractivity contribution < 1.29 is 4.52 Å². The molecule has 3 heterocycles. The Morgan fingerprint density at radius 2 is 1.96 bits per heavy atom. The van der Waals surface area contributed by atoms with Crippen LogP contribution in [0.5, 0.6) is 0 Å². The van der Waals surface area contributed by atoms with Crippen LogP contribution in [0.3, 0.4) is 0 Å². The van der Waals surface area contributed by atoms with Crippen LogP contribution in [0, 0.1) is 13.8 Å². The maximum atomic E-state index is 5.33. The van der Waals surface area contributed by atoms with Crippen LogP contribution in [-0.4, -0.2) is 57.2 Å². The molecule has 136 valence electrons. The molecule has 0 unspecified atom stereocenters. The zero-order valence-corrected chi connectivity index (χ0v) is 15.5. The third-order valence-corrected chi connectivity index (χ3v) is 3.96. The molecule has 0 aliphatic heterocycles. The van der Waals surface area contributed by atoms with E-state index in [1.807, 2.05) is 13.8 Å². The Labute approximate surface area is 152 Å². The highest BCUT2D eigenvalue weighted by Gasteiger charge is 2.19. The van der Waals surface area contributed by atoms with Crippen molar-refractivity contribution >= 4 is 5.95 Å². The summed E-state index contributed by atoms with van der Waals surface area (Å²) in [5.41, 5.74) is 3.90. The summed E-state index contributed by atoms with van der Waals surface area (Å²) in [4.78, 5) is 19.9. The zero-order chi connectivity index (χ0) is 18.5. The van der Waals surface area contributed by atoms with Crippen LogP contribution < -0.4 is 5.32 Å². The lowest BCUT2D eigenvalue weighted by Crippen LogP contribution is -2.17. The molecule has 0 amide bonds. The molecule has 3 aromatic heterocycles. The third-order valence-electron chi connectivity index (χ3n) is 3.96. The van der Waals surface area contributed by atoms with Gasteiger partial charge >= 0.3 is 0 Å². The second-order valence-electron chi connectivity index (χ2n) is 6.33. The molecule has 0 radical (unpaired) electrons. The maximum absolute atomic E-state index is 5.33. The van der Waals surface area contributed by atoms with Crippen molar-refractivity contribution in [2.45, 2.75) is 20.3 Å². The Morgan fingerprint density at radius 3 is 2.62 bits per heavy atom. The molecular weight excluding hydrogens is 330 g/mol. The van der Waals surface area contributed by atoms with Crippen molar-refractivity contribution in [1.82, 2.24) is 30.0 Å². The normalized spacial score (nSPS) is 11.1. The predicted molar refractivity (Wildman–Crippen MR) is 99.7 cm³/mol. The fourth-order valence-corrected chi connectivity index (χ4v) is 2.70. The number of aryl methyl sites for hydroxylation is 2. The van der Waals surface area contributed by atoms with Crippen molar-refractivity contribution in [3.63, 3.8) is 0 Å². The minimum absolute atomic E-state index is 0.575. The fraction of sp³-hybridized carbons (Fsp3) is 0.389. The quantitative estimate of drug-likeness (QED) is 0.648. The number of anilines is 1. The van der Waals surface area contributed by atoms with Gasteiger partial charge in [0.1, 0.15) is 5.76 Å². The Morgan fingerprint density at radius 1 is 1.12 bits per heavy atom. The lowest BCUT2D eigenvalue weighted by molar-refractivity contribution is 0.393. The molecule has 0 aliphatic rings. The van der Waals surface area contributed by atoms with Crippen molar-refractivity contribution in [1.29, 1.82) is 0 Å². The largest absolute Gasteiger partial charge is 0.361 e. The van der Waals surface area contributed by atoms with Gasteiger partial charge in [-0.25, -0.2) is 9.97 Å². The summed E-state index contributed by atoms with van der Waals surface area (Å²) < 4.78 is 5.33. The molecule has 0 bridgehead atoms. The van der Waals surface area contributed by atoms with Crippen molar-refractivity contribution in [2.24, 2.45) is 0 Å². The first-order chi connectivity index (χ1) is 12.6. The van der Waals surface area contributed by atoms with Crippen LogP contribution in [0.1, 0.15) is 17.9 Å². The maximum Gasteiger partial charge on any atom is 0.223 e. The topological polar surface area (TPSA) is 92.9 Å². The first-order valence-electron chi connectivity index (χ1n) is 8.51. The van der Waals surface area contributed by atoms with E-state index in [0.29, 0.717) is 17.4 Å². The van der Waals surface area contributed by atoms with Gasteiger partial charge in [0.05, 0.1) is 28.8 Å². The molecular formula is C18H23N7O. The van der Waals surface area contributed by atoms with Gasteiger partial charge in [-0.05, 0) is 40.9 Å². The monoisotopic (exact) mass is 353 g/mol. The van der Waals surface area contributed by atoms with E-state index in [9.17, 15) is 0 Å². The summed E-state index contributed by atoms with van der Waals surface area (Å²) in [6.07, 6.45) is 7.76. The van der Waals surface area contributed by atoms with Crippen LogP contribution in [-0.2, 0) is 0 Å².